The van der Waals surface area contributed by atoms with E-state index in [1.165, 1.54) is 12.8 Å². The summed E-state index contributed by atoms with van der Waals surface area (Å²) in [6.07, 6.45) is 4.47. The maximum absolute atomic E-state index is 13.3. The Morgan fingerprint density at radius 1 is 1.00 bits per heavy atom. The Morgan fingerprint density at radius 3 is 2.12 bits per heavy atom. The fourth-order valence-corrected chi connectivity index (χ4v) is 8.46. The van der Waals surface area contributed by atoms with E-state index in [0.29, 0.717) is 21.8 Å². The maximum atomic E-state index is 13.3. The molecule has 0 radical (unpaired) electrons. The Kier molecular flexibility index (Phi) is 2.68. The molecule has 5 fully saturated rings. The Balaban J connectivity index is 1.44. The molecule has 5 aliphatic carbocycles. The summed E-state index contributed by atoms with van der Waals surface area (Å²) in [7, 11) is 0. The average molecular weight is 359 g/mol. The van der Waals surface area contributed by atoms with Crippen LogP contribution < -0.4 is 10.9 Å². The van der Waals surface area contributed by atoms with Crippen LogP contribution in [0.25, 0.3) is 0 Å². The first kappa shape index (κ1) is 16.0. The van der Waals surface area contributed by atoms with Gasteiger partial charge in [0, 0.05) is 0 Å². The molecule has 6 bridgehead atoms. The molecule has 0 heterocycles. The monoisotopic (exact) mass is 358 g/mol. The lowest BCUT2D eigenvalue weighted by molar-refractivity contribution is -0.283. The van der Waals surface area contributed by atoms with Crippen molar-refractivity contribution in [2.45, 2.75) is 53.4 Å². The summed E-state index contributed by atoms with van der Waals surface area (Å²) >= 11 is 6.20. The Morgan fingerprint density at radius 2 is 1.56 bits per heavy atom. The smallest absolute Gasteiger partial charge is 0.244 e. The Labute approximate surface area is 154 Å². The predicted octanol–water partition coefficient (Wildman–Crippen LogP) is 5.03. The van der Waals surface area contributed by atoms with Crippen molar-refractivity contribution in [2.75, 3.05) is 5.43 Å². The fourth-order valence-electron chi connectivity index (χ4n) is 8.27. The average Bonchev–Trinajstić information content (AvgIpc) is 2.89. The van der Waals surface area contributed by atoms with E-state index in [-0.39, 0.29) is 22.2 Å². The highest BCUT2D eigenvalue weighted by atomic mass is 35.5. The molecule has 1 aromatic carbocycles. The maximum Gasteiger partial charge on any atom is 0.244 e. The van der Waals surface area contributed by atoms with Gasteiger partial charge in [0.2, 0.25) is 5.91 Å². The van der Waals surface area contributed by atoms with Gasteiger partial charge in [-0.15, -0.1) is 0 Å². The van der Waals surface area contributed by atoms with Crippen LogP contribution in [0, 0.1) is 33.0 Å². The van der Waals surface area contributed by atoms with Gasteiger partial charge < -0.3 is 0 Å². The van der Waals surface area contributed by atoms with Crippen LogP contribution in [-0.4, -0.2) is 5.91 Å². The number of nitrogens with one attached hydrogen (secondary N) is 2. The molecule has 4 heteroatoms. The number of carbonyl (C=O) groups excluding carboxylic acids is 1. The molecule has 134 valence electrons. The summed E-state index contributed by atoms with van der Waals surface area (Å²) in [5.41, 5.74) is 7.98. The van der Waals surface area contributed by atoms with E-state index < -0.39 is 0 Å². The van der Waals surface area contributed by atoms with E-state index in [4.69, 9.17) is 11.6 Å². The minimum absolute atomic E-state index is 0.165. The van der Waals surface area contributed by atoms with Crippen LogP contribution in [0.5, 0.6) is 0 Å². The summed E-state index contributed by atoms with van der Waals surface area (Å²) in [5, 5.41) is 0.623. The number of anilines is 1. The van der Waals surface area contributed by atoms with E-state index in [1.807, 2.05) is 24.3 Å². The number of hydrogen-bond donors (Lipinski definition) is 2. The molecular formula is C21H27ClN2O. The third-order valence-corrected chi connectivity index (χ3v) is 10.3. The molecular weight excluding hydrogens is 332 g/mol. The second kappa shape index (κ2) is 4.19. The van der Waals surface area contributed by atoms with Crippen molar-refractivity contribution in [2.24, 2.45) is 33.0 Å². The zero-order chi connectivity index (χ0) is 17.9. The van der Waals surface area contributed by atoms with Crippen molar-refractivity contribution in [3.8, 4) is 0 Å². The largest absolute Gasteiger partial charge is 0.297 e. The quantitative estimate of drug-likeness (QED) is 0.744. The van der Waals surface area contributed by atoms with Gasteiger partial charge in [0.15, 0.2) is 0 Å². The van der Waals surface area contributed by atoms with E-state index in [1.54, 1.807) is 0 Å². The molecule has 5 aliphatic rings. The minimum Gasteiger partial charge on any atom is -0.297 e. The standard InChI is InChI=1S/C21H27ClN2O/c1-17-9-13-10-18(17,2)20(4)12-21(13,11-19(17,20)3)16(25)24-23-15-8-6-5-7-14(15)22/h5-8,13,23H,9-12H2,1-4H3,(H,24,25)/t13?,17-,18+,19-,20+,21?. The highest BCUT2D eigenvalue weighted by molar-refractivity contribution is 6.33. The van der Waals surface area contributed by atoms with E-state index in [9.17, 15) is 4.79 Å². The van der Waals surface area contributed by atoms with Crippen molar-refractivity contribution in [3.05, 3.63) is 29.3 Å². The fraction of sp³-hybridized carbons (Fsp3) is 0.667. The first-order valence-corrected chi connectivity index (χ1v) is 9.82. The van der Waals surface area contributed by atoms with Crippen LogP contribution >= 0.6 is 11.6 Å². The number of rotatable bonds is 3. The van der Waals surface area contributed by atoms with Crippen LogP contribution in [0.1, 0.15) is 53.4 Å². The van der Waals surface area contributed by atoms with Gasteiger partial charge in [-0.2, -0.15) is 0 Å². The molecule has 6 rings (SSSR count). The molecule has 0 aromatic heterocycles. The van der Waals surface area contributed by atoms with Crippen molar-refractivity contribution in [1.29, 1.82) is 0 Å². The third-order valence-electron chi connectivity index (χ3n) is 9.94. The minimum atomic E-state index is -0.215. The lowest BCUT2D eigenvalue weighted by Gasteiger charge is -2.76. The van der Waals surface area contributed by atoms with Crippen LogP contribution in [0.4, 0.5) is 5.69 Å². The van der Waals surface area contributed by atoms with Crippen molar-refractivity contribution in [1.82, 2.24) is 5.43 Å². The number of hydrogen-bond acceptors (Lipinski definition) is 2. The molecule has 1 amide bonds. The molecule has 2 unspecified atom stereocenters. The molecule has 6 atom stereocenters. The number of carbonyl (C=O) groups is 1. The number of halogens is 1. The van der Waals surface area contributed by atoms with E-state index in [0.717, 1.165) is 18.5 Å². The summed E-state index contributed by atoms with van der Waals surface area (Å²) < 4.78 is 0. The van der Waals surface area contributed by atoms with Crippen molar-refractivity contribution in [3.63, 3.8) is 0 Å². The van der Waals surface area contributed by atoms with Crippen molar-refractivity contribution >= 4 is 23.2 Å². The lowest BCUT2D eigenvalue weighted by atomic mass is 9.28. The second-order valence-corrected chi connectivity index (χ2v) is 10.4. The number of hydrazine groups is 1. The van der Waals surface area contributed by atoms with Gasteiger partial charge in [0.1, 0.15) is 0 Å². The van der Waals surface area contributed by atoms with Crippen molar-refractivity contribution < 1.29 is 4.79 Å². The number of amides is 1. The summed E-state index contributed by atoms with van der Waals surface area (Å²) in [6.45, 7) is 9.88. The van der Waals surface area contributed by atoms with Crippen LogP contribution in [0.2, 0.25) is 5.02 Å². The molecule has 2 N–H and O–H groups in total. The van der Waals surface area contributed by atoms with Gasteiger partial charge in [0.05, 0.1) is 16.1 Å². The molecule has 0 aliphatic heterocycles. The summed E-state index contributed by atoms with van der Waals surface area (Å²) in [6, 6.07) is 7.52. The van der Waals surface area contributed by atoms with Crippen LogP contribution in [0.3, 0.4) is 0 Å². The summed E-state index contributed by atoms with van der Waals surface area (Å²) in [4.78, 5) is 13.3. The van der Waals surface area contributed by atoms with Gasteiger partial charge in [-0.05, 0) is 65.4 Å². The highest BCUT2D eigenvalue weighted by Crippen LogP contribution is 2.96. The number of benzene rings is 1. The molecule has 0 saturated heterocycles. The first-order valence-electron chi connectivity index (χ1n) is 9.45. The predicted molar refractivity (Wildman–Crippen MR) is 100 cm³/mol. The second-order valence-electron chi connectivity index (χ2n) is 10.0. The topological polar surface area (TPSA) is 41.1 Å². The highest BCUT2D eigenvalue weighted by Gasteiger charge is 2.91. The Bertz CT molecular complexity index is 777. The van der Waals surface area contributed by atoms with Gasteiger partial charge in [-0.25, -0.2) is 0 Å². The molecule has 3 nitrogen and oxygen atoms in total. The number of para-hydroxylation sites is 1. The van der Waals surface area contributed by atoms with Gasteiger partial charge in [-0.1, -0.05) is 51.4 Å². The molecule has 0 spiro atoms. The van der Waals surface area contributed by atoms with Crippen LogP contribution in [0.15, 0.2) is 24.3 Å². The lowest BCUT2D eigenvalue weighted by Crippen LogP contribution is -2.70. The third kappa shape index (κ3) is 1.37. The van der Waals surface area contributed by atoms with Gasteiger partial charge in [-0.3, -0.25) is 15.6 Å². The molecule has 5 saturated carbocycles. The SMILES string of the molecule is C[C@]12CC3C[C@@]1(C)[C@@]1(C)CC3(C(=O)NNc3ccccc3Cl)C[C@@]21C. The zero-order valence-electron chi connectivity index (χ0n) is 15.5. The van der Waals surface area contributed by atoms with Crippen LogP contribution in [-0.2, 0) is 4.79 Å². The zero-order valence-corrected chi connectivity index (χ0v) is 16.3. The Hall–Kier alpha value is -1.22. The first-order chi connectivity index (χ1) is 11.6. The normalized spacial score (nSPS) is 51.3. The van der Waals surface area contributed by atoms with Gasteiger partial charge in [0.25, 0.3) is 0 Å². The van der Waals surface area contributed by atoms with Gasteiger partial charge >= 0.3 is 0 Å². The molecule has 1 aromatic rings. The van der Waals surface area contributed by atoms with E-state index in [2.05, 4.69) is 38.5 Å². The van der Waals surface area contributed by atoms with E-state index >= 15 is 0 Å². The summed E-state index contributed by atoms with van der Waals surface area (Å²) in [5.74, 6) is 0.678. The molecule has 25 heavy (non-hydrogen) atoms.